The Morgan fingerprint density at radius 3 is 2.09 bits per heavy atom. The number of rotatable bonds is 4. The summed E-state index contributed by atoms with van der Waals surface area (Å²) < 4.78 is 28.7. The minimum atomic E-state index is -2.21. The SMILES string of the molecule is OC[C@H]1O[C@H](F)[C@H](O)[C@@H](O)[C@@H]1O[C@@H]1O[C@H](CBr)[C@@H](O)[C@H](O)[C@H]1O. The molecule has 10 atom stereocenters. The average Bonchev–Trinajstić information content (AvgIpc) is 2.55. The van der Waals surface area contributed by atoms with E-state index in [1.54, 1.807) is 0 Å². The molecule has 11 heteroatoms. The van der Waals surface area contributed by atoms with Gasteiger partial charge in [0.1, 0.15) is 42.7 Å². The minimum absolute atomic E-state index is 0.125. The number of hydrogen-bond acceptors (Lipinski definition) is 9. The van der Waals surface area contributed by atoms with Gasteiger partial charge >= 0.3 is 0 Å². The number of ether oxygens (including phenoxy) is 3. The molecule has 9 nitrogen and oxygen atoms in total. The third-order valence-electron chi connectivity index (χ3n) is 3.92. The molecule has 2 aliphatic rings. The average molecular weight is 407 g/mol. The molecule has 2 heterocycles. The Balaban J connectivity index is 2.11. The lowest BCUT2D eigenvalue weighted by molar-refractivity contribution is -0.344. The second-order valence-corrected chi connectivity index (χ2v) is 6.11. The third-order valence-corrected chi connectivity index (χ3v) is 4.56. The van der Waals surface area contributed by atoms with Gasteiger partial charge in [-0.2, -0.15) is 0 Å². The van der Waals surface area contributed by atoms with Crippen LogP contribution in [0.1, 0.15) is 0 Å². The lowest BCUT2D eigenvalue weighted by Gasteiger charge is -2.44. The van der Waals surface area contributed by atoms with Crippen LogP contribution in [0.5, 0.6) is 0 Å². The molecule has 136 valence electrons. The predicted octanol–water partition coefficient (Wildman–Crippen LogP) is -3.02. The first-order chi connectivity index (χ1) is 10.8. The largest absolute Gasteiger partial charge is 0.394 e. The van der Waals surface area contributed by atoms with Crippen molar-refractivity contribution in [2.24, 2.45) is 0 Å². The van der Waals surface area contributed by atoms with Crippen LogP contribution in [0.3, 0.4) is 0 Å². The normalized spacial score (nSPS) is 51.7. The van der Waals surface area contributed by atoms with Crippen molar-refractivity contribution in [3.05, 3.63) is 0 Å². The van der Waals surface area contributed by atoms with Crippen LogP contribution >= 0.6 is 15.9 Å². The summed E-state index contributed by atoms with van der Waals surface area (Å²) in [5.74, 6) is 0. The van der Waals surface area contributed by atoms with Crippen molar-refractivity contribution in [3.8, 4) is 0 Å². The molecule has 0 unspecified atom stereocenters. The Morgan fingerprint density at radius 1 is 0.870 bits per heavy atom. The number of aliphatic hydroxyl groups is 6. The Morgan fingerprint density at radius 2 is 1.52 bits per heavy atom. The van der Waals surface area contributed by atoms with Crippen molar-refractivity contribution in [1.29, 1.82) is 0 Å². The van der Waals surface area contributed by atoms with Crippen molar-refractivity contribution in [3.63, 3.8) is 0 Å². The maximum absolute atomic E-state index is 13.4. The molecular formula is C12H20BrFO9. The van der Waals surface area contributed by atoms with Gasteiger partial charge in [-0.15, -0.1) is 0 Å². The Labute approximate surface area is 139 Å². The number of aliphatic hydroxyl groups excluding tert-OH is 6. The Kier molecular flexibility index (Phi) is 6.70. The van der Waals surface area contributed by atoms with Gasteiger partial charge in [-0.05, 0) is 0 Å². The van der Waals surface area contributed by atoms with Crippen LogP contribution in [0.2, 0.25) is 0 Å². The monoisotopic (exact) mass is 406 g/mol. The molecule has 0 aliphatic carbocycles. The lowest BCUT2D eigenvalue weighted by Crippen LogP contribution is -2.63. The molecule has 0 aromatic rings. The lowest BCUT2D eigenvalue weighted by atomic mass is 9.97. The van der Waals surface area contributed by atoms with E-state index in [0.717, 1.165) is 0 Å². The summed E-state index contributed by atoms with van der Waals surface area (Å²) in [6.07, 6.45) is -15.6. The molecule has 2 fully saturated rings. The minimum Gasteiger partial charge on any atom is -0.394 e. The first-order valence-corrected chi connectivity index (χ1v) is 8.11. The molecular weight excluding hydrogens is 387 g/mol. The Bertz CT molecular complexity index is 388. The van der Waals surface area contributed by atoms with E-state index in [9.17, 15) is 35.0 Å². The van der Waals surface area contributed by atoms with Gasteiger partial charge in [0.05, 0.1) is 12.7 Å². The molecule has 0 bridgehead atoms. The maximum atomic E-state index is 13.4. The summed E-state index contributed by atoms with van der Waals surface area (Å²) in [6.45, 7) is -0.718. The van der Waals surface area contributed by atoms with E-state index >= 15 is 0 Å². The molecule has 6 N–H and O–H groups in total. The smallest absolute Gasteiger partial charge is 0.228 e. The van der Waals surface area contributed by atoms with Gasteiger partial charge < -0.3 is 44.8 Å². The fraction of sp³-hybridized carbons (Fsp3) is 1.00. The standard InChI is InChI=1S/C12H20BrFO9/c13-1-3-5(16)6(17)9(20)12(22-3)23-10-4(2-15)21-11(14)8(19)7(10)18/h3-12,15-20H,1-2H2/t3-,4-,5-,6+,7-,8-,9-,10-,11+,12+/m1/s1. The highest BCUT2D eigenvalue weighted by molar-refractivity contribution is 9.09. The van der Waals surface area contributed by atoms with Crippen molar-refractivity contribution < 1.29 is 49.2 Å². The molecule has 0 radical (unpaired) electrons. The first kappa shape index (κ1) is 19.4. The van der Waals surface area contributed by atoms with Crippen molar-refractivity contribution in [1.82, 2.24) is 0 Å². The summed E-state index contributed by atoms with van der Waals surface area (Å²) in [5.41, 5.74) is 0. The van der Waals surface area contributed by atoms with Crippen molar-refractivity contribution >= 4 is 15.9 Å². The molecule has 0 amide bonds. The number of alkyl halides is 2. The highest BCUT2D eigenvalue weighted by Gasteiger charge is 2.50. The first-order valence-electron chi connectivity index (χ1n) is 6.99. The van der Waals surface area contributed by atoms with Crippen LogP contribution in [-0.2, 0) is 14.2 Å². The molecule has 0 spiro atoms. The maximum Gasteiger partial charge on any atom is 0.228 e. The second kappa shape index (κ2) is 7.95. The molecule has 23 heavy (non-hydrogen) atoms. The van der Waals surface area contributed by atoms with Crippen LogP contribution in [0.15, 0.2) is 0 Å². The third kappa shape index (κ3) is 3.84. The summed E-state index contributed by atoms with van der Waals surface area (Å²) in [5, 5.41) is 58.2. The summed E-state index contributed by atoms with van der Waals surface area (Å²) >= 11 is 3.07. The van der Waals surface area contributed by atoms with Crippen LogP contribution in [0.25, 0.3) is 0 Å². The van der Waals surface area contributed by atoms with Gasteiger partial charge in [0.2, 0.25) is 6.36 Å². The summed E-state index contributed by atoms with van der Waals surface area (Å²) in [6, 6.07) is 0. The van der Waals surface area contributed by atoms with Gasteiger partial charge in [-0.3, -0.25) is 0 Å². The fourth-order valence-electron chi connectivity index (χ4n) is 2.52. The predicted molar refractivity (Wildman–Crippen MR) is 74.2 cm³/mol. The van der Waals surface area contributed by atoms with Crippen molar-refractivity contribution in [2.75, 3.05) is 11.9 Å². The molecule has 0 saturated carbocycles. The topological polar surface area (TPSA) is 149 Å². The zero-order valence-corrected chi connectivity index (χ0v) is 13.4. The zero-order chi connectivity index (χ0) is 17.3. The van der Waals surface area contributed by atoms with E-state index < -0.39 is 68.1 Å². The van der Waals surface area contributed by atoms with E-state index in [2.05, 4.69) is 15.9 Å². The van der Waals surface area contributed by atoms with Gasteiger partial charge in [0.15, 0.2) is 6.29 Å². The van der Waals surface area contributed by atoms with Crippen LogP contribution in [-0.4, -0.2) is 104 Å². The molecule has 0 aromatic carbocycles. The molecule has 2 rings (SSSR count). The Hall–Kier alpha value is 0.0500. The highest BCUT2D eigenvalue weighted by Crippen LogP contribution is 2.29. The van der Waals surface area contributed by atoms with Crippen LogP contribution in [0, 0.1) is 0 Å². The summed E-state index contributed by atoms with van der Waals surface area (Å²) in [4.78, 5) is 0. The molecule has 0 aromatic heterocycles. The zero-order valence-electron chi connectivity index (χ0n) is 11.9. The van der Waals surface area contributed by atoms with Gasteiger partial charge in [0.25, 0.3) is 0 Å². The van der Waals surface area contributed by atoms with E-state index in [1.807, 2.05) is 0 Å². The van der Waals surface area contributed by atoms with Crippen LogP contribution in [0.4, 0.5) is 4.39 Å². The number of hydrogen-bond donors (Lipinski definition) is 6. The van der Waals surface area contributed by atoms with E-state index in [1.165, 1.54) is 0 Å². The molecule has 2 saturated heterocycles. The van der Waals surface area contributed by atoms with Crippen LogP contribution < -0.4 is 0 Å². The number of halogens is 2. The quantitative estimate of drug-likeness (QED) is 0.268. The van der Waals surface area contributed by atoms with Gasteiger partial charge in [0, 0.05) is 5.33 Å². The highest BCUT2D eigenvalue weighted by atomic mass is 79.9. The van der Waals surface area contributed by atoms with Gasteiger partial charge in [-0.1, -0.05) is 15.9 Å². The van der Waals surface area contributed by atoms with E-state index in [4.69, 9.17) is 14.2 Å². The fourth-order valence-corrected chi connectivity index (χ4v) is 3.06. The van der Waals surface area contributed by atoms with E-state index in [0.29, 0.717) is 0 Å². The summed E-state index contributed by atoms with van der Waals surface area (Å²) in [7, 11) is 0. The van der Waals surface area contributed by atoms with Gasteiger partial charge in [-0.25, -0.2) is 4.39 Å². The second-order valence-electron chi connectivity index (χ2n) is 5.46. The van der Waals surface area contributed by atoms with E-state index in [-0.39, 0.29) is 5.33 Å². The molecule has 2 aliphatic heterocycles. The van der Waals surface area contributed by atoms with Crippen molar-refractivity contribution in [2.45, 2.75) is 61.5 Å².